The topological polar surface area (TPSA) is 69.2 Å². The van der Waals surface area contributed by atoms with Crippen LogP contribution in [0.5, 0.6) is 17.2 Å². The van der Waals surface area contributed by atoms with Crippen LogP contribution in [0.4, 0.5) is 0 Å². The fourth-order valence-corrected chi connectivity index (χ4v) is 2.17. The van der Waals surface area contributed by atoms with Gasteiger partial charge in [-0.05, 0) is 30.3 Å². The highest BCUT2D eigenvalue weighted by atomic mass is 16.5. The maximum atomic E-state index is 12.3. The first-order valence-electron chi connectivity index (χ1n) is 8.27. The van der Waals surface area contributed by atoms with Crippen molar-refractivity contribution in [1.82, 2.24) is 5.43 Å². The second-order valence-electron chi connectivity index (χ2n) is 5.30. The first-order chi connectivity index (χ1) is 13.2. The van der Waals surface area contributed by atoms with Crippen LogP contribution in [0, 0.1) is 0 Å². The van der Waals surface area contributed by atoms with Gasteiger partial charge in [0.1, 0.15) is 19.0 Å². The third-order valence-corrected chi connectivity index (χ3v) is 3.43. The Hall–Kier alpha value is -3.54. The third kappa shape index (κ3) is 5.74. The van der Waals surface area contributed by atoms with E-state index < -0.39 is 0 Å². The lowest BCUT2D eigenvalue weighted by molar-refractivity contribution is 0.0954. The standard InChI is InChI=1S/C21H22N2O4/c1-4-12-26-18-9-7-6-8-17(18)15-22-23-21(24)16-10-11-19(27-13-5-2)20(14-16)25-3/h4-11,14-15H,1-2,12-13H2,3H3,(H,23,24)/b22-15+. The van der Waals surface area contributed by atoms with Crippen LogP contribution in [-0.4, -0.2) is 32.4 Å². The van der Waals surface area contributed by atoms with E-state index in [-0.39, 0.29) is 5.91 Å². The molecular weight excluding hydrogens is 344 g/mol. The van der Waals surface area contributed by atoms with Crippen LogP contribution >= 0.6 is 0 Å². The van der Waals surface area contributed by atoms with E-state index in [9.17, 15) is 4.79 Å². The Bertz CT molecular complexity index is 831. The molecule has 0 aliphatic rings. The second kappa shape index (κ2) is 10.5. The number of nitrogens with one attached hydrogen (secondary N) is 1. The van der Waals surface area contributed by atoms with Crippen molar-refractivity contribution in [1.29, 1.82) is 0 Å². The predicted molar refractivity (Wildman–Crippen MR) is 106 cm³/mol. The molecule has 6 nitrogen and oxygen atoms in total. The highest BCUT2D eigenvalue weighted by Gasteiger charge is 2.10. The number of methoxy groups -OCH3 is 1. The van der Waals surface area contributed by atoms with Crippen LogP contribution < -0.4 is 19.6 Å². The summed E-state index contributed by atoms with van der Waals surface area (Å²) in [5.74, 6) is 1.27. The monoisotopic (exact) mass is 366 g/mol. The van der Waals surface area contributed by atoms with Crippen molar-refractivity contribution < 1.29 is 19.0 Å². The molecule has 0 atom stereocenters. The quantitative estimate of drug-likeness (QED) is 0.396. The molecule has 0 spiro atoms. The number of amides is 1. The summed E-state index contributed by atoms with van der Waals surface area (Å²) in [6, 6.07) is 12.3. The van der Waals surface area contributed by atoms with Gasteiger partial charge in [0.2, 0.25) is 0 Å². The highest BCUT2D eigenvalue weighted by molar-refractivity contribution is 5.95. The van der Waals surface area contributed by atoms with Gasteiger partial charge in [-0.3, -0.25) is 4.79 Å². The van der Waals surface area contributed by atoms with Gasteiger partial charge in [-0.25, -0.2) is 5.43 Å². The van der Waals surface area contributed by atoms with Crippen LogP contribution in [-0.2, 0) is 0 Å². The zero-order valence-corrected chi connectivity index (χ0v) is 15.2. The van der Waals surface area contributed by atoms with Gasteiger partial charge in [-0.1, -0.05) is 37.4 Å². The summed E-state index contributed by atoms with van der Waals surface area (Å²) < 4.78 is 16.3. The lowest BCUT2D eigenvalue weighted by Crippen LogP contribution is -2.17. The van der Waals surface area contributed by atoms with E-state index >= 15 is 0 Å². The molecule has 2 aromatic carbocycles. The van der Waals surface area contributed by atoms with E-state index in [1.165, 1.54) is 13.3 Å². The molecule has 0 heterocycles. The van der Waals surface area contributed by atoms with E-state index in [1.54, 1.807) is 30.4 Å². The summed E-state index contributed by atoms with van der Waals surface area (Å²) in [4.78, 5) is 12.3. The van der Waals surface area contributed by atoms with Crippen molar-refractivity contribution in [2.24, 2.45) is 5.10 Å². The van der Waals surface area contributed by atoms with E-state index in [1.807, 2.05) is 24.3 Å². The molecule has 0 radical (unpaired) electrons. The molecule has 0 saturated carbocycles. The van der Waals surface area contributed by atoms with Gasteiger partial charge in [0, 0.05) is 11.1 Å². The van der Waals surface area contributed by atoms with Gasteiger partial charge in [0.15, 0.2) is 11.5 Å². The molecule has 1 N–H and O–H groups in total. The largest absolute Gasteiger partial charge is 0.493 e. The van der Waals surface area contributed by atoms with E-state index in [0.29, 0.717) is 36.0 Å². The zero-order chi connectivity index (χ0) is 19.5. The molecule has 6 heteroatoms. The van der Waals surface area contributed by atoms with Crippen LogP contribution in [0.25, 0.3) is 0 Å². The van der Waals surface area contributed by atoms with Crippen LogP contribution in [0.15, 0.2) is 72.9 Å². The van der Waals surface area contributed by atoms with Crippen molar-refractivity contribution >= 4 is 12.1 Å². The number of rotatable bonds is 10. The molecule has 0 fully saturated rings. The highest BCUT2D eigenvalue weighted by Crippen LogP contribution is 2.28. The Labute approximate surface area is 158 Å². The summed E-state index contributed by atoms with van der Waals surface area (Å²) in [5.41, 5.74) is 3.62. The number of benzene rings is 2. The second-order valence-corrected chi connectivity index (χ2v) is 5.30. The molecule has 2 aromatic rings. The molecule has 0 aliphatic carbocycles. The maximum Gasteiger partial charge on any atom is 0.271 e. The van der Waals surface area contributed by atoms with Gasteiger partial charge < -0.3 is 14.2 Å². The van der Waals surface area contributed by atoms with Gasteiger partial charge in [-0.2, -0.15) is 5.10 Å². The smallest absolute Gasteiger partial charge is 0.271 e. The van der Waals surface area contributed by atoms with E-state index in [0.717, 1.165) is 5.56 Å². The minimum absolute atomic E-state index is 0.347. The summed E-state index contributed by atoms with van der Waals surface area (Å²) in [6.45, 7) is 7.95. The summed E-state index contributed by atoms with van der Waals surface area (Å²) in [5, 5.41) is 4.00. The molecule has 27 heavy (non-hydrogen) atoms. The fourth-order valence-electron chi connectivity index (χ4n) is 2.17. The van der Waals surface area contributed by atoms with Crippen molar-refractivity contribution in [3.05, 3.63) is 78.9 Å². The van der Waals surface area contributed by atoms with Gasteiger partial charge in [0.25, 0.3) is 5.91 Å². The lowest BCUT2D eigenvalue weighted by Gasteiger charge is -2.10. The van der Waals surface area contributed by atoms with Crippen molar-refractivity contribution in [2.75, 3.05) is 20.3 Å². The number of carbonyl (C=O) groups excluding carboxylic acids is 1. The number of nitrogens with zero attached hydrogens (tertiary/aromatic N) is 1. The lowest BCUT2D eigenvalue weighted by atomic mass is 10.2. The zero-order valence-electron chi connectivity index (χ0n) is 15.2. The average Bonchev–Trinajstić information content (AvgIpc) is 2.71. The first-order valence-corrected chi connectivity index (χ1v) is 8.27. The third-order valence-electron chi connectivity index (χ3n) is 3.43. The SMILES string of the molecule is C=CCOc1ccccc1/C=N/NC(=O)c1ccc(OCC=C)c(OC)c1. The molecule has 1 amide bonds. The van der Waals surface area contributed by atoms with Crippen molar-refractivity contribution in [3.8, 4) is 17.2 Å². The maximum absolute atomic E-state index is 12.3. The number of para-hydroxylation sites is 1. The minimum atomic E-state index is -0.371. The summed E-state index contributed by atoms with van der Waals surface area (Å²) in [6.07, 6.45) is 4.81. The van der Waals surface area contributed by atoms with E-state index in [2.05, 4.69) is 23.7 Å². The molecule has 0 aliphatic heterocycles. The van der Waals surface area contributed by atoms with Crippen LogP contribution in [0.2, 0.25) is 0 Å². The first kappa shape index (κ1) is 19.8. The number of hydrazone groups is 1. The molecule has 2 rings (SSSR count). The molecule has 0 aromatic heterocycles. The summed E-state index contributed by atoms with van der Waals surface area (Å²) >= 11 is 0. The van der Waals surface area contributed by atoms with Crippen LogP contribution in [0.3, 0.4) is 0 Å². The van der Waals surface area contributed by atoms with Crippen LogP contribution in [0.1, 0.15) is 15.9 Å². The molecule has 0 saturated heterocycles. The fraction of sp³-hybridized carbons (Fsp3) is 0.143. The normalized spacial score (nSPS) is 10.3. The van der Waals surface area contributed by atoms with Crippen molar-refractivity contribution in [2.45, 2.75) is 0 Å². The molecule has 0 bridgehead atoms. The average molecular weight is 366 g/mol. The Morgan fingerprint density at radius 3 is 2.44 bits per heavy atom. The summed E-state index contributed by atoms with van der Waals surface area (Å²) in [7, 11) is 1.51. The number of hydrogen-bond donors (Lipinski definition) is 1. The Morgan fingerprint density at radius 2 is 1.74 bits per heavy atom. The number of carbonyl (C=O) groups is 1. The Balaban J connectivity index is 2.06. The predicted octanol–water partition coefficient (Wildman–Crippen LogP) is 3.59. The van der Waals surface area contributed by atoms with Gasteiger partial charge in [0.05, 0.1) is 13.3 Å². The Morgan fingerprint density at radius 1 is 1.04 bits per heavy atom. The minimum Gasteiger partial charge on any atom is -0.493 e. The number of hydrogen-bond acceptors (Lipinski definition) is 5. The van der Waals surface area contributed by atoms with Gasteiger partial charge in [-0.15, -0.1) is 0 Å². The molecule has 140 valence electrons. The molecular formula is C21H22N2O4. The van der Waals surface area contributed by atoms with Gasteiger partial charge >= 0.3 is 0 Å². The van der Waals surface area contributed by atoms with Crippen molar-refractivity contribution in [3.63, 3.8) is 0 Å². The van der Waals surface area contributed by atoms with E-state index in [4.69, 9.17) is 14.2 Å². The molecule has 0 unspecified atom stereocenters. The Kier molecular flexibility index (Phi) is 7.66. The number of ether oxygens (including phenoxy) is 3.